The van der Waals surface area contributed by atoms with Crippen LogP contribution in [0.2, 0.25) is 0 Å². The van der Waals surface area contributed by atoms with Gasteiger partial charge in [-0.3, -0.25) is 0 Å². The first kappa shape index (κ1) is 26.7. The fourth-order valence-corrected chi connectivity index (χ4v) is 8.04. The van der Waals surface area contributed by atoms with Crippen LogP contribution in [0.4, 0.5) is 17.1 Å². The fourth-order valence-electron chi connectivity index (χ4n) is 6.88. The molecule has 1 aromatic heterocycles. The van der Waals surface area contributed by atoms with Gasteiger partial charge in [0.2, 0.25) is 0 Å². The second-order valence-electron chi connectivity index (χ2n) is 11.7. The predicted octanol–water partition coefficient (Wildman–Crippen LogP) is 13.2. The summed E-state index contributed by atoms with van der Waals surface area (Å²) in [6.45, 7) is 0. The summed E-state index contributed by atoms with van der Waals surface area (Å²) >= 11 is 1.87. The maximum absolute atomic E-state index is 2.42. The standard InChI is InChI=1S/C44H29NS/c1-2-11-30(12-3-1)31-21-25-34(26-22-31)45(35-27-23-33(24-28-35)37-19-10-14-32-13-4-5-15-36(32)37)41-29-43-44(39-17-7-6-16-38(39)41)40-18-8-9-20-42(40)46-43/h1-29H. The highest BCUT2D eigenvalue weighted by Crippen LogP contribution is 2.46. The lowest BCUT2D eigenvalue weighted by Gasteiger charge is -2.27. The van der Waals surface area contributed by atoms with Crippen molar-refractivity contribution < 1.29 is 0 Å². The van der Waals surface area contributed by atoms with Crippen molar-refractivity contribution in [2.75, 3.05) is 4.90 Å². The number of hydrogen-bond donors (Lipinski definition) is 0. The Balaban J connectivity index is 1.25. The van der Waals surface area contributed by atoms with Crippen LogP contribution in [0.5, 0.6) is 0 Å². The van der Waals surface area contributed by atoms with E-state index in [1.165, 1.54) is 69.7 Å². The first-order valence-electron chi connectivity index (χ1n) is 15.7. The summed E-state index contributed by atoms with van der Waals surface area (Å²) in [5.74, 6) is 0. The molecule has 0 N–H and O–H groups in total. The molecule has 0 bridgehead atoms. The summed E-state index contributed by atoms with van der Waals surface area (Å²) in [6.07, 6.45) is 0. The third kappa shape index (κ3) is 4.46. The van der Waals surface area contributed by atoms with Crippen LogP contribution in [-0.2, 0) is 0 Å². The first-order chi connectivity index (χ1) is 22.8. The summed E-state index contributed by atoms with van der Waals surface area (Å²) in [5.41, 5.74) is 8.33. The lowest BCUT2D eigenvalue weighted by Crippen LogP contribution is -2.10. The Labute approximate surface area is 272 Å². The Bertz CT molecular complexity index is 2500. The number of rotatable bonds is 5. The molecule has 0 radical (unpaired) electrons. The molecule has 216 valence electrons. The molecule has 0 aliphatic heterocycles. The first-order valence-corrected chi connectivity index (χ1v) is 16.5. The van der Waals surface area contributed by atoms with Crippen molar-refractivity contribution in [1.82, 2.24) is 0 Å². The molecule has 0 aliphatic carbocycles. The van der Waals surface area contributed by atoms with Crippen molar-refractivity contribution in [1.29, 1.82) is 0 Å². The van der Waals surface area contributed by atoms with Gasteiger partial charge in [-0.05, 0) is 74.8 Å². The summed E-state index contributed by atoms with van der Waals surface area (Å²) in [7, 11) is 0. The molecule has 8 aromatic carbocycles. The summed E-state index contributed by atoms with van der Waals surface area (Å²) < 4.78 is 2.62. The van der Waals surface area contributed by atoms with Gasteiger partial charge < -0.3 is 4.90 Å². The molecule has 1 nitrogen and oxygen atoms in total. The van der Waals surface area contributed by atoms with Crippen LogP contribution in [-0.4, -0.2) is 0 Å². The summed E-state index contributed by atoms with van der Waals surface area (Å²) in [4.78, 5) is 2.42. The van der Waals surface area contributed by atoms with Crippen LogP contribution < -0.4 is 4.90 Å². The molecule has 9 rings (SSSR count). The molecule has 0 unspecified atom stereocenters. The summed E-state index contributed by atoms with van der Waals surface area (Å²) in [6, 6.07) is 63.9. The third-order valence-corrected chi connectivity index (χ3v) is 10.2. The number of thiophene rings is 1. The molecule has 0 amide bonds. The van der Waals surface area contributed by atoms with Crippen LogP contribution in [0, 0.1) is 0 Å². The Morgan fingerprint density at radius 2 is 0.935 bits per heavy atom. The quantitative estimate of drug-likeness (QED) is 0.189. The molecule has 0 saturated heterocycles. The third-order valence-electron chi connectivity index (χ3n) is 9.06. The SMILES string of the molecule is c1ccc(-c2ccc(N(c3ccc(-c4cccc5ccccc45)cc3)c3cc4sc5ccccc5c4c4ccccc34)cc2)cc1. The lowest BCUT2D eigenvalue weighted by molar-refractivity contribution is 1.30. The van der Waals surface area contributed by atoms with Crippen molar-refractivity contribution in [2.24, 2.45) is 0 Å². The highest BCUT2D eigenvalue weighted by molar-refractivity contribution is 7.26. The van der Waals surface area contributed by atoms with E-state index in [4.69, 9.17) is 0 Å². The number of anilines is 3. The van der Waals surface area contributed by atoms with Crippen molar-refractivity contribution >= 4 is 70.1 Å². The van der Waals surface area contributed by atoms with E-state index in [9.17, 15) is 0 Å². The Hall–Kier alpha value is -5.70. The van der Waals surface area contributed by atoms with Gasteiger partial charge in [0.15, 0.2) is 0 Å². The van der Waals surface area contributed by atoms with E-state index >= 15 is 0 Å². The van der Waals surface area contributed by atoms with Crippen molar-refractivity contribution in [3.8, 4) is 22.3 Å². The minimum atomic E-state index is 1.13. The van der Waals surface area contributed by atoms with E-state index in [1.807, 2.05) is 11.3 Å². The van der Waals surface area contributed by atoms with E-state index in [2.05, 4.69) is 181 Å². The molecule has 0 saturated carbocycles. The van der Waals surface area contributed by atoms with Gasteiger partial charge in [0.1, 0.15) is 0 Å². The highest BCUT2D eigenvalue weighted by Gasteiger charge is 2.19. The van der Waals surface area contributed by atoms with E-state index < -0.39 is 0 Å². The number of fused-ring (bicyclic) bond motifs is 6. The zero-order valence-corrected chi connectivity index (χ0v) is 25.9. The van der Waals surface area contributed by atoms with Gasteiger partial charge in [-0.1, -0.05) is 140 Å². The van der Waals surface area contributed by atoms with Crippen molar-refractivity contribution in [3.05, 3.63) is 176 Å². The maximum atomic E-state index is 2.42. The number of hydrogen-bond acceptors (Lipinski definition) is 2. The van der Waals surface area contributed by atoms with Gasteiger partial charge in [-0.25, -0.2) is 0 Å². The zero-order chi connectivity index (χ0) is 30.5. The van der Waals surface area contributed by atoms with Gasteiger partial charge in [-0.15, -0.1) is 11.3 Å². The Kier molecular flexibility index (Phi) is 6.40. The van der Waals surface area contributed by atoms with Crippen molar-refractivity contribution in [2.45, 2.75) is 0 Å². The Morgan fingerprint density at radius 1 is 0.370 bits per heavy atom. The average Bonchev–Trinajstić information content (AvgIpc) is 3.51. The molecule has 0 fully saturated rings. The molecule has 46 heavy (non-hydrogen) atoms. The molecule has 0 atom stereocenters. The minimum Gasteiger partial charge on any atom is -0.310 e. The topological polar surface area (TPSA) is 3.24 Å². The van der Waals surface area contributed by atoms with Crippen LogP contribution in [0.1, 0.15) is 0 Å². The van der Waals surface area contributed by atoms with Crippen LogP contribution in [0.3, 0.4) is 0 Å². The van der Waals surface area contributed by atoms with Gasteiger partial charge in [0, 0.05) is 36.9 Å². The second kappa shape index (κ2) is 11.0. The molecule has 1 heterocycles. The van der Waals surface area contributed by atoms with E-state index in [-0.39, 0.29) is 0 Å². The van der Waals surface area contributed by atoms with Crippen molar-refractivity contribution in [3.63, 3.8) is 0 Å². The predicted molar refractivity (Wildman–Crippen MR) is 200 cm³/mol. The monoisotopic (exact) mass is 603 g/mol. The lowest BCUT2D eigenvalue weighted by atomic mass is 9.97. The smallest absolute Gasteiger partial charge is 0.0554 e. The molecular weight excluding hydrogens is 575 g/mol. The Morgan fingerprint density at radius 3 is 1.70 bits per heavy atom. The fraction of sp³-hybridized carbons (Fsp3) is 0. The van der Waals surface area contributed by atoms with Gasteiger partial charge >= 0.3 is 0 Å². The van der Waals surface area contributed by atoms with Gasteiger partial charge in [0.25, 0.3) is 0 Å². The van der Waals surface area contributed by atoms with E-state index in [0.29, 0.717) is 0 Å². The van der Waals surface area contributed by atoms with Crippen LogP contribution in [0.25, 0.3) is 64.0 Å². The number of nitrogens with zero attached hydrogens (tertiary/aromatic N) is 1. The van der Waals surface area contributed by atoms with E-state index in [0.717, 1.165) is 11.4 Å². The van der Waals surface area contributed by atoms with Crippen LogP contribution in [0.15, 0.2) is 176 Å². The molecule has 0 aliphatic rings. The summed E-state index contributed by atoms with van der Waals surface area (Å²) in [5, 5.41) is 7.71. The normalized spacial score (nSPS) is 11.5. The van der Waals surface area contributed by atoms with Crippen LogP contribution >= 0.6 is 11.3 Å². The zero-order valence-electron chi connectivity index (χ0n) is 25.1. The van der Waals surface area contributed by atoms with Gasteiger partial charge in [-0.2, -0.15) is 0 Å². The largest absolute Gasteiger partial charge is 0.310 e. The average molecular weight is 604 g/mol. The molecular formula is C44H29NS. The van der Waals surface area contributed by atoms with Gasteiger partial charge in [0.05, 0.1) is 5.69 Å². The molecule has 9 aromatic rings. The molecule has 0 spiro atoms. The highest BCUT2D eigenvalue weighted by atomic mass is 32.1. The number of benzene rings is 8. The molecule has 2 heteroatoms. The second-order valence-corrected chi connectivity index (χ2v) is 12.8. The maximum Gasteiger partial charge on any atom is 0.0554 e. The van der Waals surface area contributed by atoms with E-state index in [1.54, 1.807) is 0 Å². The minimum absolute atomic E-state index is 1.13.